The van der Waals surface area contributed by atoms with E-state index in [2.05, 4.69) is 20.2 Å². The van der Waals surface area contributed by atoms with Crippen molar-refractivity contribution >= 4 is 10.0 Å². The van der Waals surface area contributed by atoms with Crippen molar-refractivity contribution in [3.63, 3.8) is 0 Å². The maximum atomic E-state index is 12.5. The fraction of sp³-hybridized carbons (Fsp3) is 0.769. The summed E-state index contributed by atoms with van der Waals surface area (Å²) in [6, 6.07) is 0.511. The largest absolute Gasteiger partial charge is 0.377 e. The highest BCUT2D eigenvalue weighted by Crippen LogP contribution is 2.22. The molecule has 2 heterocycles. The van der Waals surface area contributed by atoms with Gasteiger partial charge in [0.1, 0.15) is 4.90 Å². The molecule has 8 heteroatoms. The summed E-state index contributed by atoms with van der Waals surface area (Å²) in [5, 5.41) is 10.2. The molecule has 0 amide bonds. The molecule has 2 fully saturated rings. The van der Waals surface area contributed by atoms with E-state index in [1.807, 2.05) is 0 Å². The van der Waals surface area contributed by atoms with E-state index in [1.165, 1.54) is 0 Å². The van der Waals surface area contributed by atoms with E-state index in [0.717, 1.165) is 25.7 Å². The van der Waals surface area contributed by atoms with Crippen LogP contribution in [0.5, 0.6) is 0 Å². The van der Waals surface area contributed by atoms with Crippen LogP contribution in [0.25, 0.3) is 0 Å². The summed E-state index contributed by atoms with van der Waals surface area (Å²) in [6.07, 6.45) is 4.20. The first-order chi connectivity index (χ1) is 10.1. The molecule has 1 aliphatic heterocycles. The monoisotopic (exact) mass is 314 g/mol. The molecule has 1 aromatic heterocycles. The predicted molar refractivity (Wildman–Crippen MR) is 77.3 cm³/mol. The molecule has 1 saturated heterocycles. The van der Waals surface area contributed by atoms with Crippen molar-refractivity contribution in [2.24, 2.45) is 0 Å². The van der Waals surface area contributed by atoms with Crippen LogP contribution in [0.3, 0.4) is 0 Å². The zero-order chi connectivity index (χ0) is 14.9. The minimum atomic E-state index is -3.56. The summed E-state index contributed by atoms with van der Waals surface area (Å²) >= 11 is 0. The van der Waals surface area contributed by atoms with Gasteiger partial charge in [-0.05, 0) is 32.6 Å². The number of aryl methyl sites for hydroxylation is 1. The van der Waals surface area contributed by atoms with E-state index in [9.17, 15) is 8.42 Å². The molecule has 7 nitrogen and oxygen atoms in total. The minimum absolute atomic E-state index is 0.0139. The van der Waals surface area contributed by atoms with Crippen LogP contribution in [0.1, 0.15) is 37.1 Å². The Labute approximate surface area is 124 Å². The molecule has 21 heavy (non-hydrogen) atoms. The maximum Gasteiger partial charge on any atom is 0.244 e. The molecule has 1 saturated carbocycles. The molecule has 0 aromatic carbocycles. The Hall–Kier alpha value is -0.960. The summed E-state index contributed by atoms with van der Waals surface area (Å²) in [6.45, 7) is 3.25. The number of nitrogens with zero attached hydrogens (tertiary/aromatic N) is 1. The van der Waals surface area contributed by atoms with E-state index in [1.54, 1.807) is 6.92 Å². The lowest BCUT2D eigenvalue weighted by Gasteiger charge is -2.12. The molecule has 1 unspecified atom stereocenters. The second kappa shape index (κ2) is 6.04. The third-order valence-corrected chi connectivity index (χ3v) is 5.52. The number of nitrogens with one attached hydrogen (secondary N) is 3. The number of ether oxygens (including phenoxy) is 1. The normalized spacial score (nSPS) is 22.8. The molecule has 1 aromatic rings. The molecule has 0 spiro atoms. The van der Waals surface area contributed by atoms with Crippen molar-refractivity contribution in [1.29, 1.82) is 0 Å². The lowest BCUT2D eigenvalue weighted by molar-refractivity contribution is 0.114. The van der Waals surface area contributed by atoms with E-state index in [-0.39, 0.29) is 11.0 Å². The van der Waals surface area contributed by atoms with E-state index in [4.69, 9.17) is 4.74 Å². The number of hydrogen-bond acceptors (Lipinski definition) is 5. The first kappa shape index (κ1) is 15.0. The summed E-state index contributed by atoms with van der Waals surface area (Å²) in [5.74, 6) is 0. The standard InChI is InChI=1S/C13H22N4O3S/c1-9-13(12(17-16-9)8-14-10-4-5-10)21(18,19)15-7-11-3-2-6-20-11/h10-11,14-15H,2-8H2,1H3,(H,16,17). The minimum Gasteiger partial charge on any atom is -0.377 e. The zero-order valence-electron chi connectivity index (χ0n) is 12.2. The molecule has 118 valence electrons. The van der Waals surface area contributed by atoms with Gasteiger partial charge >= 0.3 is 0 Å². The van der Waals surface area contributed by atoms with Crippen molar-refractivity contribution in [2.45, 2.75) is 56.2 Å². The van der Waals surface area contributed by atoms with E-state index >= 15 is 0 Å². The highest BCUT2D eigenvalue weighted by molar-refractivity contribution is 7.89. The number of sulfonamides is 1. The number of aromatic amines is 1. The lowest BCUT2D eigenvalue weighted by atomic mass is 10.2. The summed E-state index contributed by atoms with van der Waals surface area (Å²) in [5.41, 5.74) is 1.13. The quantitative estimate of drug-likeness (QED) is 0.678. The lowest BCUT2D eigenvalue weighted by Crippen LogP contribution is -2.33. The summed E-state index contributed by atoms with van der Waals surface area (Å²) in [4.78, 5) is 0.272. The topological polar surface area (TPSA) is 96.1 Å². The van der Waals surface area contributed by atoms with Crippen molar-refractivity contribution in [2.75, 3.05) is 13.2 Å². The SMILES string of the molecule is Cc1[nH]nc(CNC2CC2)c1S(=O)(=O)NCC1CCCO1. The second-order valence-electron chi connectivity index (χ2n) is 5.77. The van der Waals surface area contributed by atoms with Gasteiger partial charge in [-0.1, -0.05) is 0 Å². The first-order valence-corrected chi connectivity index (χ1v) is 8.93. The van der Waals surface area contributed by atoms with Crippen molar-refractivity contribution in [3.05, 3.63) is 11.4 Å². The van der Waals surface area contributed by atoms with Crippen LogP contribution in [0.15, 0.2) is 4.90 Å². The maximum absolute atomic E-state index is 12.5. The van der Waals surface area contributed by atoms with Crippen LogP contribution in [0.4, 0.5) is 0 Å². The van der Waals surface area contributed by atoms with Gasteiger partial charge in [0.05, 0.1) is 17.5 Å². The summed E-state index contributed by atoms with van der Waals surface area (Å²) in [7, 11) is -3.56. The average molecular weight is 314 g/mol. The van der Waals surface area contributed by atoms with Crippen LogP contribution < -0.4 is 10.0 Å². The molecule has 2 aliphatic rings. The molecular weight excluding hydrogens is 292 g/mol. The number of aromatic nitrogens is 2. The Morgan fingerprint density at radius 3 is 2.86 bits per heavy atom. The van der Waals surface area contributed by atoms with Gasteiger partial charge in [-0.3, -0.25) is 5.10 Å². The fourth-order valence-electron chi connectivity index (χ4n) is 2.55. The third kappa shape index (κ3) is 3.63. The van der Waals surface area contributed by atoms with Gasteiger partial charge < -0.3 is 10.1 Å². The van der Waals surface area contributed by atoms with Gasteiger partial charge in [0, 0.05) is 25.7 Å². The predicted octanol–water partition coefficient (Wildman–Crippen LogP) is 0.427. The van der Waals surface area contributed by atoms with E-state index < -0.39 is 10.0 Å². The van der Waals surface area contributed by atoms with Crippen LogP contribution in [-0.4, -0.2) is 43.9 Å². The van der Waals surface area contributed by atoms with Crippen molar-refractivity contribution in [1.82, 2.24) is 20.2 Å². The fourth-order valence-corrected chi connectivity index (χ4v) is 3.98. The Morgan fingerprint density at radius 1 is 1.38 bits per heavy atom. The van der Waals surface area contributed by atoms with Gasteiger partial charge in [-0.25, -0.2) is 13.1 Å². The van der Waals surface area contributed by atoms with E-state index in [0.29, 0.717) is 37.1 Å². The van der Waals surface area contributed by atoms with Crippen LogP contribution in [0.2, 0.25) is 0 Å². The molecule has 1 aliphatic carbocycles. The molecule has 3 N–H and O–H groups in total. The van der Waals surface area contributed by atoms with Gasteiger partial charge in [0.2, 0.25) is 10.0 Å². The third-order valence-electron chi connectivity index (χ3n) is 3.89. The molecular formula is C13H22N4O3S. The van der Waals surface area contributed by atoms with Crippen molar-refractivity contribution < 1.29 is 13.2 Å². The van der Waals surface area contributed by atoms with Crippen LogP contribution in [-0.2, 0) is 21.3 Å². The molecule has 3 rings (SSSR count). The van der Waals surface area contributed by atoms with Crippen LogP contribution in [0, 0.1) is 6.92 Å². The molecule has 1 atom stereocenters. The molecule has 0 radical (unpaired) electrons. The van der Waals surface area contributed by atoms with Crippen LogP contribution >= 0.6 is 0 Å². The number of H-pyrrole nitrogens is 1. The zero-order valence-corrected chi connectivity index (χ0v) is 13.0. The first-order valence-electron chi connectivity index (χ1n) is 7.45. The average Bonchev–Trinajstić information content (AvgIpc) is 2.97. The number of hydrogen-bond donors (Lipinski definition) is 3. The van der Waals surface area contributed by atoms with Gasteiger partial charge in [-0.2, -0.15) is 5.10 Å². The summed E-state index contributed by atoms with van der Waals surface area (Å²) < 4.78 is 33.1. The van der Waals surface area contributed by atoms with Gasteiger partial charge in [0.15, 0.2) is 0 Å². The Bertz CT molecular complexity index is 589. The highest BCUT2D eigenvalue weighted by Gasteiger charge is 2.27. The molecule has 0 bridgehead atoms. The van der Waals surface area contributed by atoms with Gasteiger partial charge in [0.25, 0.3) is 0 Å². The Kier molecular flexibility index (Phi) is 4.30. The second-order valence-corrected chi connectivity index (χ2v) is 7.47. The van der Waals surface area contributed by atoms with Crippen molar-refractivity contribution in [3.8, 4) is 0 Å². The Balaban J connectivity index is 1.68. The van der Waals surface area contributed by atoms with Gasteiger partial charge in [-0.15, -0.1) is 0 Å². The smallest absolute Gasteiger partial charge is 0.244 e. The Morgan fingerprint density at radius 2 is 2.19 bits per heavy atom. The number of rotatable bonds is 7. The highest BCUT2D eigenvalue weighted by atomic mass is 32.2.